The van der Waals surface area contributed by atoms with Crippen LogP contribution in [0.15, 0.2) is 24.3 Å². The van der Waals surface area contributed by atoms with Crippen LogP contribution in [-0.4, -0.2) is 50.4 Å². The summed E-state index contributed by atoms with van der Waals surface area (Å²) in [7, 11) is 0. The number of amides is 2. The molecule has 1 spiro atoms. The number of carbonyl (C=O) groups is 1. The van der Waals surface area contributed by atoms with Crippen molar-refractivity contribution < 1.29 is 14.3 Å². The molecule has 0 aromatic heterocycles. The van der Waals surface area contributed by atoms with E-state index < -0.39 is 0 Å². The summed E-state index contributed by atoms with van der Waals surface area (Å²) in [5.41, 5.74) is 2.70. The average molecular weight is 344 g/mol. The number of benzene rings is 1. The van der Waals surface area contributed by atoms with Gasteiger partial charge >= 0.3 is 6.03 Å². The lowest BCUT2D eigenvalue weighted by Gasteiger charge is -2.38. The highest BCUT2D eigenvalue weighted by Gasteiger charge is 2.39. The summed E-state index contributed by atoms with van der Waals surface area (Å²) >= 11 is 0. The zero-order valence-electron chi connectivity index (χ0n) is 15.0. The van der Waals surface area contributed by atoms with E-state index in [9.17, 15) is 4.79 Å². The average Bonchev–Trinajstić information content (AvgIpc) is 2.80. The van der Waals surface area contributed by atoms with Crippen molar-refractivity contribution in [1.82, 2.24) is 10.2 Å². The second-order valence-corrected chi connectivity index (χ2v) is 7.89. The minimum atomic E-state index is 0.0462. The van der Waals surface area contributed by atoms with E-state index in [1.54, 1.807) is 0 Å². The van der Waals surface area contributed by atoms with Gasteiger partial charge < -0.3 is 19.7 Å². The summed E-state index contributed by atoms with van der Waals surface area (Å²) in [6.45, 7) is 6.55. The number of carbonyl (C=O) groups excluding carboxylic acids is 1. The molecule has 2 fully saturated rings. The lowest BCUT2D eigenvalue weighted by atomic mass is 9.80. The third-order valence-electron chi connectivity index (χ3n) is 6.06. The fourth-order valence-corrected chi connectivity index (χ4v) is 4.51. The molecule has 4 rings (SSSR count). The summed E-state index contributed by atoms with van der Waals surface area (Å²) < 4.78 is 11.4. The smallest absolute Gasteiger partial charge is 0.317 e. The summed E-state index contributed by atoms with van der Waals surface area (Å²) in [6.07, 6.45) is 2.98. The largest absolute Gasteiger partial charge is 0.381 e. The zero-order chi connectivity index (χ0) is 17.3. The number of rotatable bonds is 1. The van der Waals surface area contributed by atoms with Crippen molar-refractivity contribution >= 4 is 6.03 Å². The van der Waals surface area contributed by atoms with Crippen LogP contribution in [0.1, 0.15) is 36.9 Å². The minimum absolute atomic E-state index is 0.0462. The maximum atomic E-state index is 13.0. The van der Waals surface area contributed by atoms with E-state index in [0.717, 1.165) is 45.6 Å². The lowest BCUT2D eigenvalue weighted by molar-refractivity contribution is -0.0295. The van der Waals surface area contributed by atoms with Crippen molar-refractivity contribution in [3.05, 3.63) is 35.4 Å². The Hall–Kier alpha value is -1.59. The SMILES string of the molecule is C[C@H]1Cc2ccccc2[C@@H]1NC(=O)N1CCOCC2(CCOCC2)C1. The van der Waals surface area contributed by atoms with Gasteiger partial charge in [0.15, 0.2) is 0 Å². The molecule has 5 heteroatoms. The topological polar surface area (TPSA) is 50.8 Å². The Morgan fingerprint density at radius 3 is 2.84 bits per heavy atom. The van der Waals surface area contributed by atoms with Gasteiger partial charge in [-0.25, -0.2) is 4.79 Å². The van der Waals surface area contributed by atoms with Crippen LogP contribution in [0.3, 0.4) is 0 Å². The zero-order valence-corrected chi connectivity index (χ0v) is 15.0. The fourth-order valence-electron chi connectivity index (χ4n) is 4.51. The van der Waals surface area contributed by atoms with Crippen molar-refractivity contribution in [2.45, 2.75) is 32.2 Å². The number of fused-ring (bicyclic) bond motifs is 1. The summed E-state index contributed by atoms with van der Waals surface area (Å²) in [6, 6.07) is 8.62. The van der Waals surface area contributed by atoms with Crippen LogP contribution in [0.5, 0.6) is 0 Å². The maximum Gasteiger partial charge on any atom is 0.317 e. The van der Waals surface area contributed by atoms with Crippen molar-refractivity contribution in [3.8, 4) is 0 Å². The molecule has 25 heavy (non-hydrogen) atoms. The summed E-state index contributed by atoms with van der Waals surface area (Å²) in [5, 5.41) is 3.30. The highest BCUT2D eigenvalue weighted by atomic mass is 16.5. The molecule has 2 amide bonds. The Morgan fingerprint density at radius 2 is 2.00 bits per heavy atom. The standard InChI is InChI=1S/C20H28N2O3/c1-15-12-16-4-2-3-5-17(16)18(15)21-19(23)22-8-11-25-14-20(13-22)6-9-24-10-7-20/h2-5,15,18H,6-14H2,1H3,(H,21,23)/t15-,18+/m0/s1. The first-order valence-corrected chi connectivity index (χ1v) is 9.46. The van der Waals surface area contributed by atoms with Crippen molar-refractivity contribution in [2.75, 3.05) is 39.5 Å². The molecule has 1 aromatic rings. The van der Waals surface area contributed by atoms with Crippen LogP contribution in [0.25, 0.3) is 0 Å². The van der Waals surface area contributed by atoms with E-state index >= 15 is 0 Å². The van der Waals surface area contributed by atoms with E-state index in [2.05, 4.69) is 36.5 Å². The second-order valence-electron chi connectivity index (χ2n) is 7.89. The van der Waals surface area contributed by atoms with Gasteiger partial charge in [-0.2, -0.15) is 0 Å². The van der Waals surface area contributed by atoms with Crippen LogP contribution in [0.2, 0.25) is 0 Å². The molecule has 1 N–H and O–H groups in total. The van der Waals surface area contributed by atoms with Crippen molar-refractivity contribution in [2.24, 2.45) is 11.3 Å². The predicted molar refractivity (Wildman–Crippen MR) is 95.5 cm³/mol. The molecule has 2 heterocycles. The van der Waals surface area contributed by atoms with Crippen LogP contribution in [0, 0.1) is 11.3 Å². The Bertz CT molecular complexity index is 627. The third-order valence-corrected chi connectivity index (χ3v) is 6.06. The first kappa shape index (κ1) is 16.9. The van der Waals surface area contributed by atoms with Crippen LogP contribution >= 0.6 is 0 Å². The molecule has 2 atom stereocenters. The molecule has 1 aromatic carbocycles. The monoisotopic (exact) mass is 344 g/mol. The lowest BCUT2D eigenvalue weighted by Crippen LogP contribution is -2.49. The Labute approximate surface area is 149 Å². The third kappa shape index (κ3) is 3.40. The van der Waals surface area contributed by atoms with E-state index in [1.165, 1.54) is 11.1 Å². The van der Waals surface area contributed by atoms with Gasteiger partial charge in [-0.05, 0) is 36.3 Å². The first-order chi connectivity index (χ1) is 12.2. The van der Waals surface area contributed by atoms with Crippen molar-refractivity contribution in [3.63, 3.8) is 0 Å². The number of hydrogen-bond acceptors (Lipinski definition) is 3. The van der Waals surface area contributed by atoms with E-state index in [4.69, 9.17) is 9.47 Å². The molecule has 2 saturated heterocycles. The van der Waals surface area contributed by atoms with Crippen LogP contribution in [-0.2, 0) is 15.9 Å². The number of urea groups is 1. The molecular weight excluding hydrogens is 316 g/mol. The van der Waals surface area contributed by atoms with Crippen LogP contribution < -0.4 is 5.32 Å². The Balaban J connectivity index is 1.47. The Morgan fingerprint density at radius 1 is 1.20 bits per heavy atom. The van der Waals surface area contributed by atoms with Crippen molar-refractivity contribution in [1.29, 1.82) is 0 Å². The van der Waals surface area contributed by atoms with Gasteiger partial charge in [-0.3, -0.25) is 0 Å². The van der Waals surface area contributed by atoms with Gasteiger partial charge in [0.1, 0.15) is 0 Å². The molecule has 3 aliphatic rings. The van der Waals surface area contributed by atoms with E-state index in [1.807, 2.05) is 4.90 Å². The van der Waals surface area contributed by atoms with Gasteiger partial charge in [0.2, 0.25) is 0 Å². The first-order valence-electron chi connectivity index (χ1n) is 9.46. The molecule has 2 aliphatic heterocycles. The minimum Gasteiger partial charge on any atom is -0.381 e. The van der Waals surface area contributed by atoms with E-state index in [-0.39, 0.29) is 17.5 Å². The highest BCUT2D eigenvalue weighted by molar-refractivity contribution is 5.75. The normalized spacial score (nSPS) is 28.4. The molecule has 0 unspecified atom stereocenters. The van der Waals surface area contributed by atoms with Gasteiger partial charge in [0.05, 0.1) is 19.3 Å². The highest BCUT2D eigenvalue weighted by Crippen LogP contribution is 2.37. The van der Waals surface area contributed by atoms with Gasteiger partial charge in [-0.15, -0.1) is 0 Å². The number of nitrogens with zero attached hydrogens (tertiary/aromatic N) is 1. The number of hydrogen-bond donors (Lipinski definition) is 1. The van der Waals surface area contributed by atoms with Gasteiger partial charge in [0.25, 0.3) is 0 Å². The predicted octanol–water partition coefficient (Wildman–Crippen LogP) is 2.76. The Kier molecular flexibility index (Phi) is 4.69. The molecule has 0 radical (unpaired) electrons. The number of nitrogens with one attached hydrogen (secondary N) is 1. The molecule has 5 nitrogen and oxygen atoms in total. The molecule has 1 aliphatic carbocycles. The second kappa shape index (κ2) is 6.96. The molecule has 136 valence electrons. The summed E-state index contributed by atoms with van der Waals surface area (Å²) in [5.74, 6) is 0.432. The molecule has 0 bridgehead atoms. The van der Waals surface area contributed by atoms with Gasteiger partial charge in [0, 0.05) is 31.7 Å². The number of ether oxygens (including phenoxy) is 2. The van der Waals surface area contributed by atoms with E-state index in [0.29, 0.717) is 19.1 Å². The van der Waals surface area contributed by atoms with Crippen LogP contribution in [0.4, 0.5) is 4.79 Å². The quantitative estimate of drug-likeness (QED) is 0.852. The molecular formula is C20H28N2O3. The maximum absolute atomic E-state index is 13.0. The van der Waals surface area contributed by atoms with Gasteiger partial charge in [-0.1, -0.05) is 31.2 Å². The fraction of sp³-hybridized carbons (Fsp3) is 0.650. The summed E-state index contributed by atoms with van der Waals surface area (Å²) in [4.78, 5) is 15.0. The molecule has 0 saturated carbocycles.